The molecule has 0 radical (unpaired) electrons. The summed E-state index contributed by atoms with van der Waals surface area (Å²) in [6, 6.07) is 0. The Morgan fingerprint density at radius 1 is 0.710 bits per heavy atom. The highest BCUT2D eigenvalue weighted by molar-refractivity contribution is 4.87. The van der Waals surface area contributed by atoms with Crippen molar-refractivity contribution in [2.24, 2.45) is 0 Å². The Kier molecular flexibility index (Phi) is 19.0. The summed E-state index contributed by atoms with van der Waals surface area (Å²) in [5, 5.41) is 29.1. The highest BCUT2D eigenvalue weighted by Crippen LogP contribution is 2.18. The summed E-state index contributed by atoms with van der Waals surface area (Å²) < 4.78 is 10.7. The number of aliphatic hydroxyl groups is 3. The Morgan fingerprint density at radius 3 is 1.52 bits per heavy atom. The van der Waals surface area contributed by atoms with E-state index in [2.05, 4.69) is 6.92 Å². The fourth-order valence-electron chi connectivity index (χ4n) is 4.37. The maximum absolute atomic E-state index is 9.97. The summed E-state index contributed by atoms with van der Waals surface area (Å²) in [7, 11) is 0. The van der Waals surface area contributed by atoms with E-state index in [9.17, 15) is 15.3 Å². The maximum atomic E-state index is 9.97. The first kappa shape index (κ1) is 28.8. The monoisotopic (exact) mass is 444 g/mol. The average molecular weight is 445 g/mol. The molecular formula is C26H52O5. The zero-order valence-corrected chi connectivity index (χ0v) is 20.3. The van der Waals surface area contributed by atoms with Gasteiger partial charge in [-0.2, -0.15) is 0 Å². The van der Waals surface area contributed by atoms with Crippen LogP contribution >= 0.6 is 0 Å². The molecular weight excluding hydrogens is 392 g/mol. The van der Waals surface area contributed by atoms with Gasteiger partial charge in [-0.1, -0.05) is 116 Å². The normalized spacial score (nSPS) is 22.3. The molecule has 5 nitrogen and oxygen atoms in total. The van der Waals surface area contributed by atoms with Crippen molar-refractivity contribution in [2.45, 2.75) is 147 Å². The summed E-state index contributed by atoms with van der Waals surface area (Å²) in [6.45, 7) is 3.12. The van der Waals surface area contributed by atoms with Crippen molar-refractivity contribution in [1.29, 1.82) is 0 Å². The maximum Gasteiger partial charge on any atom is 0.114 e. The molecule has 1 aliphatic rings. The second-order valence-corrected chi connectivity index (χ2v) is 9.51. The first-order valence-corrected chi connectivity index (χ1v) is 13.4. The predicted molar refractivity (Wildman–Crippen MR) is 127 cm³/mol. The van der Waals surface area contributed by atoms with Crippen molar-refractivity contribution in [3.05, 3.63) is 0 Å². The minimum atomic E-state index is -1.02. The van der Waals surface area contributed by atoms with Crippen LogP contribution in [-0.2, 0) is 9.47 Å². The molecule has 1 saturated heterocycles. The third-order valence-corrected chi connectivity index (χ3v) is 6.50. The highest BCUT2D eigenvalue weighted by atomic mass is 16.5. The molecule has 1 heterocycles. The van der Waals surface area contributed by atoms with Crippen LogP contribution in [0.2, 0.25) is 0 Å². The third kappa shape index (κ3) is 15.3. The van der Waals surface area contributed by atoms with E-state index in [1.807, 2.05) is 0 Å². The lowest BCUT2D eigenvalue weighted by Gasteiger charge is -2.20. The molecule has 0 aliphatic carbocycles. The van der Waals surface area contributed by atoms with Gasteiger partial charge in [0.1, 0.15) is 24.4 Å². The van der Waals surface area contributed by atoms with Crippen molar-refractivity contribution < 1.29 is 24.8 Å². The van der Waals surface area contributed by atoms with Crippen LogP contribution in [0.5, 0.6) is 0 Å². The van der Waals surface area contributed by atoms with E-state index in [0.717, 1.165) is 12.8 Å². The van der Waals surface area contributed by atoms with E-state index in [0.29, 0.717) is 6.61 Å². The van der Waals surface area contributed by atoms with E-state index in [4.69, 9.17) is 9.47 Å². The molecule has 5 heteroatoms. The minimum absolute atomic E-state index is 0.0716. The van der Waals surface area contributed by atoms with Crippen LogP contribution in [0.15, 0.2) is 0 Å². The van der Waals surface area contributed by atoms with Crippen LogP contribution in [0.3, 0.4) is 0 Å². The van der Waals surface area contributed by atoms with Gasteiger partial charge in [0.25, 0.3) is 0 Å². The third-order valence-electron chi connectivity index (χ3n) is 6.50. The molecule has 0 unspecified atom stereocenters. The Hall–Kier alpha value is -0.200. The number of hydrogen-bond donors (Lipinski definition) is 3. The van der Waals surface area contributed by atoms with Gasteiger partial charge in [0.2, 0.25) is 0 Å². The standard InChI is InChI=1S/C26H52O5/c1-2-3-4-5-6-7-8-9-10-11-12-13-14-15-16-17-18-19-20-30-21-24(28)26-25(29)23(27)22-31-26/h23-29H,2-22H2,1H3/t23-,24+,25-,26-/m1/s1. The Labute approximate surface area is 191 Å². The van der Waals surface area contributed by atoms with E-state index in [1.165, 1.54) is 103 Å². The summed E-state index contributed by atoms with van der Waals surface area (Å²) in [5.74, 6) is 0. The van der Waals surface area contributed by atoms with Gasteiger partial charge in [0, 0.05) is 6.61 Å². The van der Waals surface area contributed by atoms with Crippen molar-refractivity contribution >= 4 is 0 Å². The van der Waals surface area contributed by atoms with Gasteiger partial charge < -0.3 is 24.8 Å². The number of aliphatic hydroxyl groups excluding tert-OH is 3. The van der Waals surface area contributed by atoms with Crippen molar-refractivity contribution in [3.8, 4) is 0 Å². The smallest absolute Gasteiger partial charge is 0.114 e. The molecule has 31 heavy (non-hydrogen) atoms. The molecule has 1 rings (SSSR count). The Balaban J connectivity index is 1.72. The van der Waals surface area contributed by atoms with Crippen molar-refractivity contribution in [2.75, 3.05) is 19.8 Å². The zero-order chi connectivity index (χ0) is 22.6. The first-order chi connectivity index (χ1) is 15.2. The molecule has 0 bridgehead atoms. The topological polar surface area (TPSA) is 79.2 Å². The Bertz CT molecular complexity index is 379. The lowest BCUT2D eigenvalue weighted by Crippen LogP contribution is -2.40. The van der Waals surface area contributed by atoms with Crippen LogP contribution < -0.4 is 0 Å². The molecule has 1 fully saturated rings. The lowest BCUT2D eigenvalue weighted by atomic mass is 10.0. The molecule has 186 valence electrons. The van der Waals surface area contributed by atoms with Crippen molar-refractivity contribution in [1.82, 2.24) is 0 Å². The fraction of sp³-hybridized carbons (Fsp3) is 1.00. The average Bonchev–Trinajstić information content (AvgIpc) is 3.10. The number of ether oxygens (including phenoxy) is 2. The second-order valence-electron chi connectivity index (χ2n) is 9.51. The summed E-state index contributed by atoms with van der Waals surface area (Å²) in [4.78, 5) is 0. The number of rotatable bonds is 22. The predicted octanol–water partition coefficient (Wildman–Crippen LogP) is 5.53. The SMILES string of the molecule is CCCCCCCCCCCCCCCCCCCCOC[C@H](O)[C@H]1OC[C@@H](O)[C@H]1O. The lowest BCUT2D eigenvalue weighted by molar-refractivity contribution is -0.0813. The van der Waals surface area contributed by atoms with E-state index in [1.54, 1.807) is 0 Å². The van der Waals surface area contributed by atoms with Gasteiger partial charge in [-0.05, 0) is 6.42 Å². The van der Waals surface area contributed by atoms with E-state index >= 15 is 0 Å². The van der Waals surface area contributed by atoms with Crippen LogP contribution in [-0.4, -0.2) is 59.6 Å². The van der Waals surface area contributed by atoms with Gasteiger partial charge in [-0.25, -0.2) is 0 Å². The van der Waals surface area contributed by atoms with Crippen LogP contribution in [0.25, 0.3) is 0 Å². The molecule has 4 atom stereocenters. The zero-order valence-electron chi connectivity index (χ0n) is 20.3. The van der Waals surface area contributed by atoms with Gasteiger partial charge in [0.05, 0.1) is 13.2 Å². The molecule has 0 spiro atoms. The molecule has 0 amide bonds. The Morgan fingerprint density at radius 2 is 1.13 bits per heavy atom. The van der Waals surface area contributed by atoms with Gasteiger partial charge in [-0.15, -0.1) is 0 Å². The van der Waals surface area contributed by atoms with Crippen LogP contribution in [0, 0.1) is 0 Å². The molecule has 0 aromatic rings. The highest BCUT2D eigenvalue weighted by Gasteiger charge is 2.39. The van der Waals surface area contributed by atoms with Gasteiger partial charge in [-0.3, -0.25) is 0 Å². The molecule has 0 saturated carbocycles. The van der Waals surface area contributed by atoms with Crippen molar-refractivity contribution in [3.63, 3.8) is 0 Å². The summed E-state index contributed by atoms with van der Waals surface area (Å²) in [5.41, 5.74) is 0. The molecule has 3 N–H and O–H groups in total. The van der Waals surface area contributed by atoms with Crippen LogP contribution in [0.4, 0.5) is 0 Å². The van der Waals surface area contributed by atoms with Gasteiger partial charge >= 0.3 is 0 Å². The number of unbranched alkanes of at least 4 members (excludes halogenated alkanes) is 17. The van der Waals surface area contributed by atoms with E-state index < -0.39 is 24.4 Å². The largest absolute Gasteiger partial charge is 0.388 e. The summed E-state index contributed by atoms with van der Waals surface area (Å²) in [6.07, 6.45) is 20.9. The summed E-state index contributed by atoms with van der Waals surface area (Å²) >= 11 is 0. The fourth-order valence-corrected chi connectivity index (χ4v) is 4.37. The second kappa shape index (κ2) is 20.4. The van der Waals surface area contributed by atoms with Crippen LogP contribution in [0.1, 0.15) is 122 Å². The molecule has 0 aromatic carbocycles. The van der Waals surface area contributed by atoms with E-state index in [-0.39, 0.29) is 13.2 Å². The minimum Gasteiger partial charge on any atom is -0.388 e. The molecule has 1 aliphatic heterocycles. The quantitative estimate of drug-likeness (QED) is 0.191. The van der Waals surface area contributed by atoms with Gasteiger partial charge in [0.15, 0.2) is 0 Å². The first-order valence-electron chi connectivity index (χ1n) is 13.4. The molecule has 0 aromatic heterocycles. The number of hydrogen-bond acceptors (Lipinski definition) is 5.